The number of carbonyl (C=O) groups is 2. The lowest BCUT2D eigenvalue weighted by Crippen LogP contribution is -2.44. The third kappa shape index (κ3) is 8.16. The Bertz CT molecular complexity index is 235. The van der Waals surface area contributed by atoms with Crippen LogP contribution in [0.1, 0.15) is 19.3 Å². The van der Waals surface area contributed by atoms with Crippen LogP contribution in [0.25, 0.3) is 0 Å². The molecule has 0 saturated carbocycles. The van der Waals surface area contributed by atoms with Gasteiger partial charge in [-0.25, -0.2) is 5.01 Å². The maximum Gasteiger partial charge on any atom is 0.319 e. The summed E-state index contributed by atoms with van der Waals surface area (Å²) >= 11 is 0. The molecule has 6 N–H and O–H groups in total. The first-order valence-electron chi connectivity index (χ1n) is 5.13. The smallest absolute Gasteiger partial charge is 0.319 e. The van der Waals surface area contributed by atoms with E-state index < -0.39 is 5.97 Å². The molecule has 94 valence electrons. The van der Waals surface area contributed by atoms with E-state index in [1.54, 1.807) is 0 Å². The Balaban J connectivity index is 3.76. The van der Waals surface area contributed by atoms with E-state index in [9.17, 15) is 9.59 Å². The van der Waals surface area contributed by atoms with Gasteiger partial charge in [0.1, 0.15) is 6.54 Å². The second kappa shape index (κ2) is 8.03. The second-order valence-electron chi connectivity index (χ2n) is 3.68. The molecule has 0 spiro atoms. The van der Waals surface area contributed by atoms with Gasteiger partial charge in [-0.15, -0.1) is 0 Å². The largest absolute Gasteiger partial charge is 0.480 e. The molecule has 0 aliphatic rings. The number of hydrogen-bond acceptors (Lipinski definition) is 5. The summed E-state index contributed by atoms with van der Waals surface area (Å²) in [4.78, 5) is 21.7. The van der Waals surface area contributed by atoms with Crippen molar-refractivity contribution in [3.8, 4) is 0 Å². The van der Waals surface area contributed by atoms with Gasteiger partial charge in [0.15, 0.2) is 0 Å². The number of hydrogen-bond donors (Lipinski definition) is 4. The molecule has 0 fully saturated rings. The lowest BCUT2D eigenvalue weighted by Gasteiger charge is -2.17. The molecule has 0 heterocycles. The molecule has 0 radical (unpaired) electrons. The van der Waals surface area contributed by atoms with Crippen molar-refractivity contribution in [3.63, 3.8) is 0 Å². The standard InChI is InChI=1S/C9H20N4O3/c1-13(6-9(15)16)12-8(14)5-7(11)3-2-4-10/h7H,2-6,10-11H2,1H3,(H,12,14)(H,15,16). The summed E-state index contributed by atoms with van der Waals surface area (Å²) in [6.45, 7) is 0.304. The van der Waals surface area contributed by atoms with E-state index >= 15 is 0 Å². The number of nitrogens with zero attached hydrogens (tertiary/aromatic N) is 1. The molecule has 7 heteroatoms. The first kappa shape index (κ1) is 14.8. The maximum atomic E-state index is 11.4. The summed E-state index contributed by atoms with van der Waals surface area (Å²) in [5.74, 6) is -1.29. The summed E-state index contributed by atoms with van der Waals surface area (Å²) in [6.07, 6.45) is 1.63. The number of nitrogens with two attached hydrogens (primary N) is 2. The molecule has 0 aliphatic carbocycles. The van der Waals surface area contributed by atoms with Crippen molar-refractivity contribution in [3.05, 3.63) is 0 Å². The predicted octanol–water partition coefficient (Wildman–Crippen LogP) is -1.51. The maximum absolute atomic E-state index is 11.4. The van der Waals surface area contributed by atoms with Crippen LogP contribution in [0.15, 0.2) is 0 Å². The van der Waals surface area contributed by atoms with Crippen LogP contribution in [0.3, 0.4) is 0 Å². The topological polar surface area (TPSA) is 122 Å². The van der Waals surface area contributed by atoms with E-state index in [-0.39, 0.29) is 24.9 Å². The van der Waals surface area contributed by atoms with Crippen molar-refractivity contribution in [2.24, 2.45) is 11.5 Å². The van der Waals surface area contributed by atoms with Crippen LogP contribution in [0.5, 0.6) is 0 Å². The number of aliphatic carboxylic acids is 1. The van der Waals surface area contributed by atoms with Crippen molar-refractivity contribution in [1.82, 2.24) is 10.4 Å². The van der Waals surface area contributed by atoms with Gasteiger partial charge >= 0.3 is 5.97 Å². The van der Waals surface area contributed by atoms with Gasteiger partial charge in [0, 0.05) is 19.5 Å². The van der Waals surface area contributed by atoms with E-state index in [1.165, 1.54) is 12.1 Å². The van der Waals surface area contributed by atoms with E-state index in [4.69, 9.17) is 16.6 Å². The van der Waals surface area contributed by atoms with Crippen LogP contribution < -0.4 is 16.9 Å². The van der Waals surface area contributed by atoms with Crippen LogP contribution >= 0.6 is 0 Å². The third-order valence-corrected chi connectivity index (χ3v) is 1.91. The molecule has 1 amide bonds. The summed E-state index contributed by atoms with van der Waals surface area (Å²) in [5.41, 5.74) is 13.4. The van der Waals surface area contributed by atoms with Crippen molar-refractivity contribution in [1.29, 1.82) is 0 Å². The quantitative estimate of drug-likeness (QED) is 0.377. The van der Waals surface area contributed by atoms with Gasteiger partial charge in [-0.3, -0.25) is 15.0 Å². The Morgan fingerprint density at radius 3 is 2.62 bits per heavy atom. The van der Waals surface area contributed by atoms with E-state index in [2.05, 4.69) is 5.43 Å². The van der Waals surface area contributed by atoms with Crippen molar-refractivity contribution in [2.75, 3.05) is 20.1 Å². The van der Waals surface area contributed by atoms with Gasteiger partial charge in [0.25, 0.3) is 0 Å². The zero-order valence-corrected chi connectivity index (χ0v) is 9.48. The summed E-state index contributed by atoms with van der Waals surface area (Å²) in [6, 6.07) is -0.234. The Morgan fingerprint density at radius 1 is 1.50 bits per heavy atom. The fraction of sp³-hybridized carbons (Fsp3) is 0.778. The van der Waals surface area contributed by atoms with Gasteiger partial charge in [-0.05, 0) is 19.4 Å². The number of likely N-dealkylation sites (N-methyl/N-ethyl adjacent to an activating group) is 1. The highest BCUT2D eigenvalue weighted by atomic mass is 16.4. The molecule has 0 saturated heterocycles. The average molecular weight is 232 g/mol. The third-order valence-electron chi connectivity index (χ3n) is 1.91. The van der Waals surface area contributed by atoms with Crippen molar-refractivity contribution in [2.45, 2.75) is 25.3 Å². The minimum absolute atomic E-state index is 0.171. The van der Waals surface area contributed by atoms with Crippen LogP contribution in [0, 0.1) is 0 Å². The number of rotatable bonds is 8. The van der Waals surface area contributed by atoms with E-state index in [1.807, 2.05) is 0 Å². The highest BCUT2D eigenvalue weighted by Gasteiger charge is 2.11. The zero-order chi connectivity index (χ0) is 12.6. The lowest BCUT2D eigenvalue weighted by molar-refractivity contribution is -0.139. The fourth-order valence-electron chi connectivity index (χ4n) is 1.22. The molecular formula is C9H20N4O3. The van der Waals surface area contributed by atoms with Gasteiger partial charge < -0.3 is 16.6 Å². The van der Waals surface area contributed by atoms with Crippen LogP contribution in [0.4, 0.5) is 0 Å². The Morgan fingerprint density at radius 2 is 2.12 bits per heavy atom. The summed E-state index contributed by atoms with van der Waals surface area (Å²) in [5, 5.41) is 9.67. The van der Waals surface area contributed by atoms with E-state index in [0.29, 0.717) is 13.0 Å². The summed E-state index contributed by atoms with van der Waals surface area (Å²) < 4.78 is 0. The molecule has 0 aromatic rings. The molecule has 0 rings (SSSR count). The fourth-order valence-corrected chi connectivity index (χ4v) is 1.22. The highest BCUT2D eigenvalue weighted by molar-refractivity contribution is 5.76. The normalized spacial score (nSPS) is 12.5. The van der Waals surface area contributed by atoms with Gasteiger partial charge in [-0.2, -0.15) is 0 Å². The van der Waals surface area contributed by atoms with Gasteiger partial charge in [-0.1, -0.05) is 0 Å². The number of carboxylic acids is 1. The number of carboxylic acid groups (broad SMARTS) is 1. The number of hydrazine groups is 1. The van der Waals surface area contributed by atoms with Crippen molar-refractivity contribution >= 4 is 11.9 Å². The molecule has 16 heavy (non-hydrogen) atoms. The van der Waals surface area contributed by atoms with Crippen LogP contribution in [-0.2, 0) is 9.59 Å². The van der Waals surface area contributed by atoms with Crippen LogP contribution in [-0.4, -0.2) is 48.2 Å². The van der Waals surface area contributed by atoms with Gasteiger partial charge in [0.05, 0.1) is 0 Å². The molecule has 1 atom stereocenters. The molecule has 0 aliphatic heterocycles. The second-order valence-corrected chi connectivity index (χ2v) is 3.68. The minimum atomic E-state index is -1.00. The Labute approximate surface area is 94.7 Å². The number of nitrogens with one attached hydrogen (secondary N) is 1. The minimum Gasteiger partial charge on any atom is -0.480 e. The monoisotopic (exact) mass is 232 g/mol. The first-order valence-corrected chi connectivity index (χ1v) is 5.13. The summed E-state index contributed by atoms with van der Waals surface area (Å²) in [7, 11) is 1.48. The van der Waals surface area contributed by atoms with Crippen LogP contribution in [0.2, 0.25) is 0 Å². The number of amides is 1. The molecule has 1 unspecified atom stereocenters. The SMILES string of the molecule is CN(CC(=O)O)NC(=O)CC(N)CCCN. The molecular weight excluding hydrogens is 212 g/mol. The molecule has 0 aromatic heterocycles. The zero-order valence-electron chi connectivity index (χ0n) is 9.48. The highest BCUT2D eigenvalue weighted by Crippen LogP contribution is 1.97. The van der Waals surface area contributed by atoms with Gasteiger partial charge in [0.2, 0.25) is 5.91 Å². The Kier molecular flexibility index (Phi) is 7.44. The first-order chi connectivity index (χ1) is 7.45. The average Bonchev–Trinajstić information content (AvgIpc) is 2.12. The molecule has 0 bridgehead atoms. The van der Waals surface area contributed by atoms with Crippen molar-refractivity contribution < 1.29 is 14.7 Å². The lowest BCUT2D eigenvalue weighted by atomic mass is 10.1. The number of carbonyl (C=O) groups excluding carboxylic acids is 1. The Hall–Kier alpha value is -1.18. The molecule has 0 aromatic carbocycles. The molecule has 7 nitrogen and oxygen atoms in total. The predicted molar refractivity (Wildman–Crippen MR) is 59.3 cm³/mol. The van der Waals surface area contributed by atoms with E-state index in [0.717, 1.165) is 6.42 Å².